The molecule has 0 spiro atoms. The average Bonchev–Trinajstić information content (AvgIpc) is 3.22. The quantitative estimate of drug-likeness (QED) is 0.848. The Labute approximate surface area is 131 Å². The van der Waals surface area contributed by atoms with Gasteiger partial charge in [-0.05, 0) is 43.4 Å². The van der Waals surface area contributed by atoms with Gasteiger partial charge in [0.1, 0.15) is 11.4 Å². The number of hydrogen-bond acceptors (Lipinski definition) is 4. The van der Waals surface area contributed by atoms with Crippen molar-refractivity contribution in [2.75, 3.05) is 6.54 Å². The number of benzene rings is 1. The molecule has 9 heteroatoms. The van der Waals surface area contributed by atoms with Gasteiger partial charge in [0.05, 0.1) is 10.5 Å². The van der Waals surface area contributed by atoms with Crippen LogP contribution in [0.2, 0.25) is 0 Å². The fraction of sp³-hybridized carbons (Fsp3) is 0.429. The van der Waals surface area contributed by atoms with Crippen LogP contribution >= 0.6 is 0 Å². The largest absolute Gasteiger partial charge is 0.480 e. The first kappa shape index (κ1) is 15.9. The Morgan fingerprint density at radius 1 is 1.30 bits per heavy atom. The van der Waals surface area contributed by atoms with Gasteiger partial charge in [0.2, 0.25) is 10.0 Å². The molecule has 1 aromatic carbocycles. The first-order chi connectivity index (χ1) is 10.7. The molecule has 1 saturated heterocycles. The van der Waals surface area contributed by atoms with Crippen LogP contribution in [0.3, 0.4) is 0 Å². The Morgan fingerprint density at radius 3 is 2.57 bits per heavy atom. The van der Waals surface area contributed by atoms with Crippen LogP contribution in [0, 0.1) is 11.7 Å². The number of fused-ring (bicyclic) bond motifs is 1. The van der Waals surface area contributed by atoms with Crippen molar-refractivity contribution in [2.45, 2.75) is 29.7 Å². The summed E-state index contributed by atoms with van der Waals surface area (Å²) in [4.78, 5) is 21.9. The number of hydrogen-bond donors (Lipinski definition) is 2. The third-order valence-corrected chi connectivity index (χ3v) is 6.50. The second-order valence-electron chi connectivity index (χ2n) is 5.80. The van der Waals surface area contributed by atoms with E-state index in [1.807, 2.05) is 0 Å². The topological polar surface area (TPSA) is 112 Å². The molecule has 0 radical (unpaired) electrons. The molecule has 1 saturated carbocycles. The van der Waals surface area contributed by atoms with Crippen molar-refractivity contribution in [3.05, 3.63) is 29.6 Å². The number of carboxylic acid groups (broad SMARTS) is 2. The second-order valence-corrected chi connectivity index (χ2v) is 7.66. The third-order valence-electron chi connectivity index (χ3n) is 4.56. The average molecular weight is 343 g/mol. The number of carbonyl (C=O) groups is 2. The van der Waals surface area contributed by atoms with Gasteiger partial charge in [-0.25, -0.2) is 17.6 Å². The zero-order valence-electron chi connectivity index (χ0n) is 11.9. The van der Waals surface area contributed by atoms with E-state index >= 15 is 0 Å². The van der Waals surface area contributed by atoms with Gasteiger partial charge >= 0.3 is 11.9 Å². The van der Waals surface area contributed by atoms with Crippen LogP contribution in [0.4, 0.5) is 4.39 Å². The molecule has 23 heavy (non-hydrogen) atoms. The van der Waals surface area contributed by atoms with E-state index in [4.69, 9.17) is 5.11 Å². The molecule has 1 heterocycles. The van der Waals surface area contributed by atoms with E-state index in [9.17, 15) is 27.5 Å². The van der Waals surface area contributed by atoms with Crippen molar-refractivity contribution in [2.24, 2.45) is 5.92 Å². The van der Waals surface area contributed by atoms with Crippen LogP contribution in [-0.2, 0) is 14.8 Å². The SMILES string of the molecule is O=C(O)c1ccc(S(=O)(=O)N2CCC[C@@H]3C[C@@]32C(=O)O)cc1F. The molecule has 0 bridgehead atoms. The molecule has 124 valence electrons. The van der Waals surface area contributed by atoms with Crippen LogP contribution in [0.1, 0.15) is 29.6 Å². The molecule has 2 fully saturated rings. The van der Waals surface area contributed by atoms with Crippen molar-refractivity contribution in [1.82, 2.24) is 4.31 Å². The van der Waals surface area contributed by atoms with Crippen molar-refractivity contribution in [1.29, 1.82) is 0 Å². The summed E-state index contributed by atoms with van der Waals surface area (Å²) in [5.41, 5.74) is -2.08. The second kappa shape index (κ2) is 5.00. The summed E-state index contributed by atoms with van der Waals surface area (Å²) in [6.07, 6.45) is 1.43. The summed E-state index contributed by atoms with van der Waals surface area (Å²) in [5.74, 6) is -4.11. The summed E-state index contributed by atoms with van der Waals surface area (Å²) in [5, 5.41) is 18.2. The number of piperidine rings is 1. The maximum Gasteiger partial charge on any atom is 0.338 e. The number of aromatic carboxylic acids is 1. The van der Waals surface area contributed by atoms with Gasteiger partial charge in [0.25, 0.3) is 0 Å². The van der Waals surface area contributed by atoms with E-state index in [-0.39, 0.29) is 18.9 Å². The van der Waals surface area contributed by atoms with Crippen molar-refractivity contribution in [3.8, 4) is 0 Å². The van der Waals surface area contributed by atoms with E-state index in [1.54, 1.807) is 0 Å². The number of sulfonamides is 1. The molecule has 1 aliphatic heterocycles. The monoisotopic (exact) mass is 343 g/mol. The highest BCUT2D eigenvalue weighted by Crippen LogP contribution is 2.55. The molecule has 2 N–H and O–H groups in total. The normalized spacial score (nSPS) is 27.3. The smallest absolute Gasteiger partial charge is 0.338 e. The highest BCUT2D eigenvalue weighted by molar-refractivity contribution is 7.89. The minimum absolute atomic E-state index is 0.0490. The van der Waals surface area contributed by atoms with Crippen LogP contribution in [0.25, 0.3) is 0 Å². The Balaban J connectivity index is 2.03. The summed E-state index contributed by atoms with van der Waals surface area (Å²) >= 11 is 0. The van der Waals surface area contributed by atoms with Gasteiger partial charge in [0, 0.05) is 6.54 Å². The van der Waals surface area contributed by atoms with Crippen molar-refractivity contribution < 1.29 is 32.6 Å². The molecule has 2 atom stereocenters. The van der Waals surface area contributed by atoms with E-state index < -0.39 is 43.8 Å². The predicted octanol–water partition coefficient (Wildman–Crippen LogP) is 1.15. The number of halogens is 1. The Morgan fingerprint density at radius 2 is 2.00 bits per heavy atom. The molecular formula is C14H14FNO6S. The van der Waals surface area contributed by atoms with Gasteiger partial charge in [-0.15, -0.1) is 0 Å². The molecule has 3 rings (SSSR count). The first-order valence-corrected chi connectivity index (χ1v) is 8.44. The van der Waals surface area contributed by atoms with E-state index in [0.29, 0.717) is 18.9 Å². The predicted molar refractivity (Wildman–Crippen MR) is 75.0 cm³/mol. The van der Waals surface area contributed by atoms with E-state index in [1.165, 1.54) is 0 Å². The lowest BCUT2D eigenvalue weighted by Gasteiger charge is -2.32. The van der Waals surface area contributed by atoms with Gasteiger partial charge in [0.15, 0.2) is 0 Å². The summed E-state index contributed by atoms with van der Waals surface area (Å²) in [6.45, 7) is 0.0490. The number of carboxylic acids is 2. The lowest BCUT2D eigenvalue weighted by molar-refractivity contribution is -0.144. The lowest BCUT2D eigenvalue weighted by atomic mass is 10.1. The van der Waals surface area contributed by atoms with Gasteiger partial charge in [-0.3, -0.25) is 4.79 Å². The van der Waals surface area contributed by atoms with Gasteiger partial charge < -0.3 is 10.2 Å². The molecule has 0 unspecified atom stereocenters. The molecule has 7 nitrogen and oxygen atoms in total. The summed E-state index contributed by atoms with van der Waals surface area (Å²) in [7, 11) is -4.22. The Bertz CT molecular complexity index is 807. The fourth-order valence-electron chi connectivity index (χ4n) is 3.30. The van der Waals surface area contributed by atoms with Crippen LogP contribution < -0.4 is 0 Å². The molecule has 1 aliphatic carbocycles. The number of rotatable bonds is 4. The van der Waals surface area contributed by atoms with Crippen molar-refractivity contribution in [3.63, 3.8) is 0 Å². The zero-order chi connectivity index (χ0) is 17.0. The molecule has 1 aromatic rings. The van der Waals surface area contributed by atoms with Gasteiger partial charge in [-0.1, -0.05) is 0 Å². The van der Waals surface area contributed by atoms with E-state index in [2.05, 4.69) is 0 Å². The standard InChI is InChI=1S/C14H14FNO6S/c15-11-6-9(3-4-10(11)12(17)18)23(21,22)16-5-1-2-8-7-14(8,16)13(19)20/h3-4,6,8H,1-2,5,7H2,(H,17,18)(H,19,20)/t8-,14+/m1/s1. The zero-order valence-corrected chi connectivity index (χ0v) is 12.7. The Kier molecular flexibility index (Phi) is 3.45. The molecule has 0 aromatic heterocycles. The maximum absolute atomic E-state index is 13.8. The summed E-state index contributed by atoms with van der Waals surface area (Å²) in [6, 6.07) is 2.48. The summed E-state index contributed by atoms with van der Waals surface area (Å²) < 4.78 is 40.1. The third kappa shape index (κ3) is 2.22. The lowest BCUT2D eigenvalue weighted by Crippen LogP contribution is -2.51. The van der Waals surface area contributed by atoms with E-state index in [0.717, 1.165) is 16.4 Å². The number of nitrogens with zero attached hydrogens (tertiary/aromatic N) is 1. The van der Waals surface area contributed by atoms with Crippen LogP contribution in [0.5, 0.6) is 0 Å². The molecule has 0 amide bonds. The van der Waals surface area contributed by atoms with Crippen LogP contribution in [-0.4, -0.2) is 47.0 Å². The van der Waals surface area contributed by atoms with Crippen molar-refractivity contribution >= 4 is 22.0 Å². The Hall–Kier alpha value is -2.00. The number of aliphatic carboxylic acids is 1. The van der Waals surface area contributed by atoms with Gasteiger partial charge in [-0.2, -0.15) is 4.31 Å². The fourth-order valence-corrected chi connectivity index (χ4v) is 5.15. The maximum atomic E-state index is 13.8. The minimum Gasteiger partial charge on any atom is -0.480 e. The van der Waals surface area contributed by atoms with Crippen LogP contribution in [0.15, 0.2) is 23.1 Å². The molecular weight excluding hydrogens is 329 g/mol. The minimum atomic E-state index is -4.22. The highest BCUT2D eigenvalue weighted by atomic mass is 32.2. The first-order valence-electron chi connectivity index (χ1n) is 7.00. The molecule has 2 aliphatic rings. The highest BCUT2D eigenvalue weighted by Gasteiger charge is 2.68.